The molecule has 1 aromatic carbocycles. The lowest BCUT2D eigenvalue weighted by Gasteiger charge is -2.20. The molecule has 5 nitrogen and oxygen atoms in total. The Morgan fingerprint density at radius 1 is 1.29 bits per heavy atom. The summed E-state index contributed by atoms with van der Waals surface area (Å²) in [5, 5.41) is 8.75. The Morgan fingerprint density at radius 2 is 1.92 bits per heavy atom. The Balaban J connectivity index is 2.12. The van der Waals surface area contributed by atoms with Crippen LogP contribution in [0.15, 0.2) is 29.2 Å². The number of hydrogen-bond donors (Lipinski definition) is 1. The van der Waals surface area contributed by atoms with Gasteiger partial charge in [0.25, 0.3) is 5.91 Å². The first-order chi connectivity index (χ1) is 11.5. The maximum atomic E-state index is 12.3. The number of carbonyl (C=O) groups excluding carboxylic acids is 1. The lowest BCUT2D eigenvalue weighted by Crippen LogP contribution is -2.30. The number of anilines is 1. The molecule has 0 aromatic heterocycles. The average molecular weight is 364 g/mol. The van der Waals surface area contributed by atoms with Crippen molar-refractivity contribution in [1.82, 2.24) is 4.90 Å². The summed E-state index contributed by atoms with van der Waals surface area (Å²) in [5.41, 5.74) is 2.07. The van der Waals surface area contributed by atoms with Gasteiger partial charge >= 0.3 is 5.97 Å². The minimum Gasteiger partial charge on any atom is -0.481 e. The number of nitrogens with zero attached hydrogens (tertiary/aromatic N) is 2. The molecule has 0 aliphatic carbocycles. The van der Waals surface area contributed by atoms with Crippen molar-refractivity contribution in [3.05, 3.63) is 34.7 Å². The Labute approximate surface area is 151 Å². The molecule has 1 N–H and O–H groups in total. The van der Waals surface area contributed by atoms with Crippen LogP contribution in [0.4, 0.5) is 5.69 Å². The zero-order valence-electron chi connectivity index (χ0n) is 13.7. The summed E-state index contributed by atoms with van der Waals surface area (Å²) in [5.74, 6) is -1.17. The van der Waals surface area contributed by atoms with Gasteiger partial charge < -0.3 is 10.0 Å². The van der Waals surface area contributed by atoms with Crippen molar-refractivity contribution in [1.29, 1.82) is 0 Å². The highest BCUT2D eigenvalue weighted by atomic mass is 32.2. The number of amides is 1. The summed E-state index contributed by atoms with van der Waals surface area (Å²) in [6, 6.07) is 8.00. The maximum absolute atomic E-state index is 12.3. The van der Waals surface area contributed by atoms with Crippen molar-refractivity contribution >= 4 is 51.9 Å². The van der Waals surface area contributed by atoms with Crippen molar-refractivity contribution in [2.24, 2.45) is 0 Å². The Morgan fingerprint density at radius 3 is 2.46 bits per heavy atom. The van der Waals surface area contributed by atoms with E-state index in [-0.39, 0.29) is 18.9 Å². The monoisotopic (exact) mass is 364 g/mol. The number of aliphatic carboxylic acids is 1. The van der Waals surface area contributed by atoms with Gasteiger partial charge in [-0.25, -0.2) is 0 Å². The van der Waals surface area contributed by atoms with Crippen LogP contribution < -0.4 is 4.90 Å². The summed E-state index contributed by atoms with van der Waals surface area (Å²) in [4.78, 5) is 27.1. The molecule has 24 heavy (non-hydrogen) atoms. The zero-order chi connectivity index (χ0) is 17.7. The molecule has 0 bridgehead atoms. The lowest BCUT2D eigenvalue weighted by molar-refractivity contribution is -0.137. The van der Waals surface area contributed by atoms with E-state index in [1.165, 1.54) is 16.7 Å². The van der Waals surface area contributed by atoms with E-state index in [2.05, 4.69) is 18.7 Å². The van der Waals surface area contributed by atoms with E-state index in [1.807, 2.05) is 24.3 Å². The number of carboxylic acid groups (broad SMARTS) is 1. The topological polar surface area (TPSA) is 60.9 Å². The summed E-state index contributed by atoms with van der Waals surface area (Å²) in [7, 11) is 0. The lowest BCUT2D eigenvalue weighted by atomic mass is 10.1. The fourth-order valence-electron chi connectivity index (χ4n) is 2.42. The number of hydrogen-bond acceptors (Lipinski definition) is 5. The van der Waals surface area contributed by atoms with Gasteiger partial charge in [-0.3, -0.25) is 14.5 Å². The number of carbonyl (C=O) groups is 2. The molecule has 1 aliphatic rings. The van der Waals surface area contributed by atoms with Crippen LogP contribution in [0.5, 0.6) is 0 Å². The van der Waals surface area contributed by atoms with Gasteiger partial charge in [0.1, 0.15) is 4.32 Å². The molecule has 1 amide bonds. The van der Waals surface area contributed by atoms with Crippen LogP contribution in [0.25, 0.3) is 6.08 Å². The summed E-state index contributed by atoms with van der Waals surface area (Å²) >= 11 is 6.39. The van der Waals surface area contributed by atoms with E-state index in [9.17, 15) is 9.59 Å². The van der Waals surface area contributed by atoms with Crippen molar-refractivity contribution in [3.63, 3.8) is 0 Å². The van der Waals surface area contributed by atoms with Crippen molar-refractivity contribution < 1.29 is 14.7 Å². The molecular weight excluding hydrogens is 344 g/mol. The molecule has 0 unspecified atom stereocenters. The summed E-state index contributed by atoms with van der Waals surface area (Å²) < 4.78 is 0.410. The summed E-state index contributed by atoms with van der Waals surface area (Å²) in [6.45, 7) is 6.22. The number of benzene rings is 1. The molecule has 1 heterocycles. The number of thiocarbonyl (C=S) groups is 1. The van der Waals surface area contributed by atoms with Crippen LogP contribution in [0.1, 0.15) is 25.8 Å². The second kappa shape index (κ2) is 8.30. The SMILES string of the molecule is CCN(CC)c1ccc(/C=C2\SC(=S)N(CCC(=O)O)C2=O)cc1. The van der Waals surface area contributed by atoms with Gasteiger partial charge in [-0.15, -0.1) is 0 Å². The maximum Gasteiger partial charge on any atom is 0.305 e. The number of rotatable bonds is 7. The van der Waals surface area contributed by atoms with Gasteiger partial charge in [0.15, 0.2) is 0 Å². The van der Waals surface area contributed by atoms with Crippen LogP contribution in [0.3, 0.4) is 0 Å². The standard InChI is InChI=1S/C17H20N2O3S2/c1-3-18(4-2)13-7-5-12(6-8-13)11-14-16(22)19(17(23)24-14)10-9-15(20)21/h5-8,11H,3-4,9-10H2,1-2H3,(H,20,21)/b14-11-. The predicted octanol–water partition coefficient (Wildman–Crippen LogP) is 3.21. The molecule has 0 spiro atoms. The molecule has 1 aromatic rings. The van der Waals surface area contributed by atoms with E-state index in [1.54, 1.807) is 6.08 Å². The molecule has 0 atom stereocenters. The molecule has 1 aliphatic heterocycles. The number of carboxylic acids is 1. The molecule has 1 saturated heterocycles. The summed E-state index contributed by atoms with van der Waals surface area (Å²) in [6.07, 6.45) is 1.68. The average Bonchev–Trinajstić information content (AvgIpc) is 2.82. The first-order valence-corrected chi connectivity index (χ1v) is 9.00. The molecule has 0 radical (unpaired) electrons. The molecule has 1 fully saturated rings. The van der Waals surface area contributed by atoms with E-state index in [0.29, 0.717) is 9.23 Å². The van der Waals surface area contributed by atoms with Crippen LogP contribution in [-0.4, -0.2) is 45.8 Å². The van der Waals surface area contributed by atoms with Crippen LogP contribution in [0.2, 0.25) is 0 Å². The van der Waals surface area contributed by atoms with Gasteiger partial charge in [-0.05, 0) is 37.6 Å². The highest BCUT2D eigenvalue weighted by molar-refractivity contribution is 8.26. The third-order valence-corrected chi connectivity index (χ3v) is 5.12. The van der Waals surface area contributed by atoms with E-state index >= 15 is 0 Å². The Bertz CT molecular complexity index is 667. The smallest absolute Gasteiger partial charge is 0.305 e. The molecule has 7 heteroatoms. The Hall–Kier alpha value is -1.86. The van der Waals surface area contributed by atoms with Gasteiger partial charge in [-0.2, -0.15) is 0 Å². The fourth-order valence-corrected chi connectivity index (χ4v) is 3.73. The molecule has 0 saturated carbocycles. The second-order valence-corrected chi connectivity index (χ2v) is 6.92. The minimum atomic E-state index is -0.944. The first-order valence-electron chi connectivity index (χ1n) is 7.78. The van der Waals surface area contributed by atoms with E-state index < -0.39 is 5.97 Å². The van der Waals surface area contributed by atoms with Crippen molar-refractivity contribution in [3.8, 4) is 0 Å². The van der Waals surface area contributed by atoms with Crippen molar-refractivity contribution in [2.45, 2.75) is 20.3 Å². The second-order valence-electron chi connectivity index (χ2n) is 5.24. The van der Waals surface area contributed by atoms with Gasteiger partial charge in [0.2, 0.25) is 0 Å². The van der Waals surface area contributed by atoms with Crippen LogP contribution in [0, 0.1) is 0 Å². The predicted molar refractivity (Wildman–Crippen MR) is 102 cm³/mol. The first kappa shape index (κ1) is 18.5. The normalized spacial score (nSPS) is 16.1. The third-order valence-electron chi connectivity index (χ3n) is 3.74. The third kappa shape index (κ3) is 4.36. The van der Waals surface area contributed by atoms with Crippen LogP contribution in [-0.2, 0) is 9.59 Å². The van der Waals surface area contributed by atoms with Crippen LogP contribution >= 0.6 is 24.0 Å². The van der Waals surface area contributed by atoms with Gasteiger partial charge in [0, 0.05) is 25.3 Å². The van der Waals surface area contributed by atoms with E-state index in [0.717, 1.165) is 24.3 Å². The Kier molecular flexibility index (Phi) is 6.39. The van der Waals surface area contributed by atoms with Crippen molar-refractivity contribution in [2.75, 3.05) is 24.5 Å². The molecule has 2 rings (SSSR count). The van der Waals surface area contributed by atoms with Gasteiger partial charge in [-0.1, -0.05) is 36.1 Å². The number of thioether (sulfide) groups is 1. The minimum absolute atomic E-state index is 0.109. The molecule has 128 valence electrons. The molecular formula is C17H20N2O3S2. The quantitative estimate of drug-likeness (QED) is 0.592. The highest BCUT2D eigenvalue weighted by Crippen LogP contribution is 2.32. The highest BCUT2D eigenvalue weighted by Gasteiger charge is 2.31. The zero-order valence-corrected chi connectivity index (χ0v) is 15.3. The fraction of sp³-hybridized carbons (Fsp3) is 0.353. The van der Waals surface area contributed by atoms with E-state index in [4.69, 9.17) is 17.3 Å². The largest absolute Gasteiger partial charge is 0.481 e. The van der Waals surface area contributed by atoms with Gasteiger partial charge in [0.05, 0.1) is 11.3 Å².